The molecule has 0 amide bonds. The molecule has 3 rings (SSSR count). The predicted molar refractivity (Wildman–Crippen MR) is 94.1 cm³/mol. The van der Waals surface area contributed by atoms with Gasteiger partial charge in [0.15, 0.2) is 5.78 Å². The maximum absolute atomic E-state index is 12.4. The molecule has 1 atom stereocenters. The van der Waals surface area contributed by atoms with Crippen LogP contribution in [0.25, 0.3) is 0 Å². The van der Waals surface area contributed by atoms with E-state index in [4.69, 9.17) is 9.47 Å². The first kappa shape index (κ1) is 17.9. The van der Waals surface area contributed by atoms with E-state index in [0.717, 1.165) is 25.2 Å². The number of carbonyl (C=O) groups is 1. The summed E-state index contributed by atoms with van der Waals surface area (Å²) >= 11 is 1.35. The van der Waals surface area contributed by atoms with E-state index in [9.17, 15) is 4.79 Å². The van der Waals surface area contributed by atoms with Gasteiger partial charge >= 0.3 is 0 Å². The number of carbonyl (C=O) groups excluding carboxylic acids is 1. The second-order valence-corrected chi connectivity index (χ2v) is 7.12. The number of hydrogen-bond acceptors (Lipinski definition) is 7. The molecular weight excluding hydrogens is 340 g/mol. The summed E-state index contributed by atoms with van der Waals surface area (Å²) in [6, 6.07) is 7.21. The van der Waals surface area contributed by atoms with Crippen LogP contribution in [0.4, 0.5) is 0 Å². The Hall–Kier alpha value is -1.93. The molecule has 1 aliphatic heterocycles. The second kappa shape index (κ2) is 8.44. The summed E-state index contributed by atoms with van der Waals surface area (Å²) in [7, 11) is 0. The van der Waals surface area contributed by atoms with Gasteiger partial charge < -0.3 is 9.47 Å². The van der Waals surface area contributed by atoms with Crippen molar-refractivity contribution in [1.82, 2.24) is 20.2 Å². The number of tetrazole rings is 1. The van der Waals surface area contributed by atoms with Gasteiger partial charge in [-0.05, 0) is 61.4 Å². The maximum atomic E-state index is 12.4. The van der Waals surface area contributed by atoms with Crippen LogP contribution < -0.4 is 4.74 Å². The van der Waals surface area contributed by atoms with Crippen LogP contribution >= 0.6 is 11.8 Å². The van der Waals surface area contributed by atoms with Crippen LogP contribution in [0.1, 0.15) is 37.0 Å². The van der Waals surface area contributed by atoms with Gasteiger partial charge in [0.1, 0.15) is 5.75 Å². The van der Waals surface area contributed by atoms with Crippen LogP contribution in [0.5, 0.6) is 5.75 Å². The Morgan fingerprint density at radius 1 is 1.40 bits per heavy atom. The molecule has 0 spiro atoms. The molecule has 25 heavy (non-hydrogen) atoms. The number of nitrogens with zero attached hydrogens (tertiary/aromatic N) is 4. The zero-order valence-corrected chi connectivity index (χ0v) is 15.2. The number of aromatic nitrogens is 4. The Morgan fingerprint density at radius 2 is 2.20 bits per heavy atom. The van der Waals surface area contributed by atoms with Crippen LogP contribution in [-0.2, 0) is 11.3 Å². The highest BCUT2D eigenvalue weighted by molar-refractivity contribution is 7.99. The van der Waals surface area contributed by atoms with Gasteiger partial charge in [-0.15, -0.1) is 5.10 Å². The third kappa shape index (κ3) is 5.02. The summed E-state index contributed by atoms with van der Waals surface area (Å²) in [6.45, 7) is 5.36. The van der Waals surface area contributed by atoms with Gasteiger partial charge in [0.25, 0.3) is 0 Å². The first-order valence-corrected chi connectivity index (χ1v) is 9.41. The lowest BCUT2D eigenvalue weighted by Crippen LogP contribution is -2.17. The number of ketones is 1. The summed E-state index contributed by atoms with van der Waals surface area (Å²) in [4.78, 5) is 12.4. The van der Waals surface area contributed by atoms with E-state index < -0.39 is 0 Å². The van der Waals surface area contributed by atoms with E-state index in [1.807, 2.05) is 26.0 Å². The molecule has 1 aliphatic rings. The van der Waals surface area contributed by atoms with Gasteiger partial charge in [0.05, 0.1) is 24.5 Å². The summed E-state index contributed by atoms with van der Waals surface area (Å²) in [5.41, 5.74) is 0.654. The zero-order chi connectivity index (χ0) is 17.6. The first-order valence-electron chi connectivity index (χ1n) is 8.42. The highest BCUT2D eigenvalue weighted by Crippen LogP contribution is 2.20. The van der Waals surface area contributed by atoms with E-state index in [1.165, 1.54) is 11.8 Å². The molecule has 1 saturated heterocycles. The van der Waals surface area contributed by atoms with E-state index in [0.29, 0.717) is 17.3 Å². The molecule has 0 aliphatic carbocycles. The summed E-state index contributed by atoms with van der Waals surface area (Å²) in [5, 5.41) is 12.4. The van der Waals surface area contributed by atoms with E-state index in [-0.39, 0.29) is 23.7 Å². The van der Waals surface area contributed by atoms with Crippen molar-refractivity contribution in [2.75, 3.05) is 12.4 Å². The molecule has 1 fully saturated rings. The molecule has 134 valence electrons. The van der Waals surface area contributed by atoms with Gasteiger partial charge in [0.2, 0.25) is 5.16 Å². The van der Waals surface area contributed by atoms with E-state index in [2.05, 4.69) is 15.5 Å². The minimum atomic E-state index is 0.0350. The molecule has 1 aromatic carbocycles. The van der Waals surface area contributed by atoms with Crippen molar-refractivity contribution in [3.8, 4) is 5.75 Å². The van der Waals surface area contributed by atoms with Crippen LogP contribution in [-0.4, -0.2) is 50.6 Å². The Labute approximate surface area is 151 Å². The van der Waals surface area contributed by atoms with Crippen molar-refractivity contribution < 1.29 is 14.3 Å². The van der Waals surface area contributed by atoms with Crippen molar-refractivity contribution in [3.63, 3.8) is 0 Å². The minimum Gasteiger partial charge on any atom is -0.491 e. The number of ether oxygens (including phenoxy) is 2. The molecule has 2 aromatic rings. The highest BCUT2D eigenvalue weighted by atomic mass is 32.2. The quantitative estimate of drug-likeness (QED) is 0.527. The smallest absolute Gasteiger partial charge is 0.209 e. The van der Waals surface area contributed by atoms with E-state index in [1.54, 1.807) is 16.8 Å². The number of hydrogen-bond donors (Lipinski definition) is 0. The molecule has 1 aromatic heterocycles. The molecular formula is C17H22N4O3S. The van der Waals surface area contributed by atoms with Crippen molar-refractivity contribution in [2.45, 2.75) is 50.6 Å². The lowest BCUT2D eigenvalue weighted by atomic mass is 10.1. The molecule has 0 bridgehead atoms. The lowest BCUT2D eigenvalue weighted by molar-refractivity contribution is 0.0912. The lowest BCUT2D eigenvalue weighted by Gasteiger charge is -2.10. The third-order valence-corrected chi connectivity index (χ3v) is 4.74. The van der Waals surface area contributed by atoms with Gasteiger partial charge in [-0.1, -0.05) is 11.8 Å². The number of rotatable bonds is 8. The summed E-state index contributed by atoms with van der Waals surface area (Å²) in [6.07, 6.45) is 2.37. The standard InChI is InChI=1S/C17H22N4O3S/c1-12(2)24-14-7-5-13(6-8-14)16(22)11-25-17-18-19-20-21(17)10-15-4-3-9-23-15/h5-8,12,15H,3-4,9-11H2,1-2H3/t15-/m0/s1. The Balaban J connectivity index is 1.54. The molecule has 0 N–H and O–H groups in total. The Morgan fingerprint density at radius 3 is 2.88 bits per heavy atom. The minimum absolute atomic E-state index is 0.0350. The molecule has 8 heteroatoms. The molecule has 0 saturated carbocycles. The number of thioether (sulfide) groups is 1. The Kier molecular flexibility index (Phi) is 6.04. The van der Waals surface area contributed by atoms with Crippen molar-refractivity contribution >= 4 is 17.5 Å². The maximum Gasteiger partial charge on any atom is 0.209 e. The molecule has 2 heterocycles. The summed E-state index contributed by atoms with van der Waals surface area (Å²) < 4.78 is 12.9. The molecule has 7 nitrogen and oxygen atoms in total. The van der Waals surface area contributed by atoms with Crippen molar-refractivity contribution in [2.24, 2.45) is 0 Å². The summed E-state index contributed by atoms with van der Waals surface area (Å²) in [5.74, 6) is 1.09. The largest absolute Gasteiger partial charge is 0.491 e. The SMILES string of the molecule is CC(C)Oc1ccc(C(=O)CSc2nnnn2C[C@@H]2CCCO2)cc1. The normalized spacial score (nSPS) is 17.2. The van der Waals surface area contributed by atoms with Crippen LogP contribution in [0.15, 0.2) is 29.4 Å². The average molecular weight is 362 g/mol. The van der Waals surface area contributed by atoms with Gasteiger partial charge in [-0.25, -0.2) is 4.68 Å². The second-order valence-electron chi connectivity index (χ2n) is 6.18. The zero-order valence-electron chi connectivity index (χ0n) is 14.4. The highest BCUT2D eigenvalue weighted by Gasteiger charge is 2.19. The molecule has 0 radical (unpaired) electrons. The molecule has 0 unspecified atom stereocenters. The predicted octanol–water partition coefficient (Wildman–Crippen LogP) is 2.61. The number of benzene rings is 1. The fourth-order valence-electron chi connectivity index (χ4n) is 2.60. The van der Waals surface area contributed by atoms with Crippen molar-refractivity contribution in [1.29, 1.82) is 0 Å². The van der Waals surface area contributed by atoms with Gasteiger partial charge in [-0.2, -0.15) is 0 Å². The number of Topliss-reactive ketones (excluding diaryl/α,β-unsaturated/α-hetero) is 1. The Bertz CT molecular complexity index is 696. The fourth-order valence-corrected chi connectivity index (χ4v) is 3.38. The topological polar surface area (TPSA) is 79.1 Å². The average Bonchev–Trinajstić information content (AvgIpc) is 3.25. The third-order valence-electron chi connectivity index (χ3n) is 3.78. The van der Waals surface area contributed by atoms with Crippen molar-refractivity contribution in [3.05, 3.63) is 29.8 Å². The van der Waals surface area contributed by atoms with Gasteiger partial charge in [-0.3, -0.25) is 4.79 Å². The van der Waals surface area contributed by atoms with Gasteiger partial charge in [0, 0.05) is 12.2 Å². The van der Waals surface area contributed by atoms with Crippen LogP contribution in [0.2, 0.25) is 0 Å². The van der Waals surface area contributed by atoms with Crippen LogP contribution in [0, 0.1) is 0 Å². The monoisotopic (exact) mass is 362 g/mol. The first-order chi connectivity index (χ1) is 12.1. The fraction of sp³-hybridized carbons (Fsp3) is 0.529. The van der Waals surface area contributed by atoms with Crippen LogP contribution in [0.3, 0.4) is 0 Å². The van der Waals surface area contributed by atoms with E-state index >= 15 is 0 Å².